The van der Waals surface area contributed by atoms with Crippen LogP contribution >= 0.6 is 11.6 Å². The summed E-state index contributed by atoms with van der Waals surface area (Å²) in [5.74, 6) is 0. The molecule has 0 unspecified atom stereocenters. The molecule has 0 N–H and O–H groups in total. The maximum absolute atomic E-state index is 5.94. The SMILES string of the molecule is C=C(/C=C(Cl)\C=C/C)CCC/C=C\CC. The molecule has 0 rings (SSSR count). The van der Waals surface area contributed by atoms with E-state index in [1.54, 1.807) is 0 Å². The van der Waals surface area contributed by atoms with Gasteiger partial charge in [0.1, 0.15) is 0 Å². The van der Waals surface area contributed by atoms with Gasteiger partial charge in [-0.25, -0.2) is 0 Å². The van der Waals surface area contributed by atoms with E-state index in [4.69, 9.17) is 11.6 Å². The van der Waals surface area contributed by atoms with E-state index in [-0.39, 0.29) is 0 Å². The van der Waals surface area contributed by atoms with Gasteiger partial charge in [0.25, 0.3) is 0 Å². The van der Waals surface area contributed by atoms with Gasteiger partial charge in [-0.2, -0.15) is 0 Å². The van der Waals surface area contributed by atoms with Crippen molar-refractivity contribution in [1.29, 1.82) is 0 Å². The molecule has 0 aliphatic heterocycles. The summed E-state index contributed by atoms with van der Waals surface area (Å²) in [7, 11) is 0. The largest absolute Gasteiger partial charge is 0.0958 e. The zero-order valence-electron chi connectivity index (χ0n) is 9.80. The molecule has 15 heavy (non-hydrogen) atoms. The molecule has 0 aromatic carbocycles. The summed E-state index contributed by atoms with van der Waals surface area (Å²) in [5, 5.41) is 0.756. The highest BCUT2D eigenvalue weighted by molar-refractivity contribution is 6.31. The molecule has 0 heterocycles. The maximum atomic E-state index is 5.94. The number of halogens is 1. The number of rotatable bonds is 7. The van der Waals surface area contributed by atoms with E-state index < -0.39 is 0 Å². The van der Waals surface area contributed by atoms with Crippen LogP contribution in [0.1, 0.15) is 39.5 Å². The van der Waals surface area contributed by atoms with Gasteiger partial charge >= 0.3 is 0 Å². The van der Waals surface area contributed by atoms with E-state index >= 15 is 0 Å². The Balaban J connectivity index is 3.75. The first-order valence-electron chi connectivity index (χ1n) is 5.53. The van der Waals surface area contributed by atoms with Crippen LogP contribution in [0.3, 0.4) is 0 Å². The second kappa shape index (κ2) is 9.79. The minimum atomic E-state index is 0.756. The quantitative estimate of drug-likeness (QED) is 0.310. The third kappa shape index (κ3) is 9.55. The zero-order valence-corrected chi connectivity index (χ0v) is 10.6. The Bertz CT molecular complexity index is 257. The Labute approximate surface area is 99.0 Å². The van der Waals surface area contributed by atoms with Crippen LogP contribution in [0.4, 0.5) is 0 Å². The Kier molecular flexibility index (Phi) is 9.30. The van der Waals surface area contributed by atoms with E-state index in [0.717, 1.165) is 36.3 Å². The van der Waals surface area contributed by atoms with Crippen molar-refractivity contribution in [2.75, 3.05) is 0 Å². The van der Waals surface area contributed by atoms with Gasteiger partial charge in [-0.05, 0) is 44.8 Å². The molecule has 0 saturated heterocycles. The van der Waals surface area contributed by atoms with Crippen LogP contribution in [0.25, 0.3) is 0 Å². The van der Waals surface area contributed by atoms with Crippen molar-refractivity contribution in [3.63, 3.8) is 0 Å². The summed E-state index contributed by atoms with van der Waals surface area (Å²) in [6.07, 6.45) is 14.6. The predicted octanol–water partition coefficient (Wildman–Crippen LogP) is 5.38. The second-order valence-corrected chi connectivity index (χ2v) is 3.90. The first-order valence-corrected chi connectivity index (χ1v) is 5.91. The average molecular weight is 225 g/mol. The first-order chi connectivity index (χ1) is 7.20. The Hall–Kier alpha value is -0.750. The summed E-state index contributed by atoms with van der Waals surface area (Å²) < 4.78 is 0. The van der Waals surface area contributed by atoms with Gasteiger partial charge in [0, 0.05) is 5.03 Å². The van der Waals surface area contributed by atoms with Crippen molar-refractivity contribution < 1.29 is 0 Å². The molecule has 0 aliphatic rings. The molecular weight excluding hydrogens is 204 g/mol. The predicted molar refractivity (Wildman–Crippen MR) is 71.2 cm³/mol. The fraction of sp³-hybridized carbons (Fsp3) is 0.429. The van der Waals surface area contributed by atoms with Gasteiger partial charge in [-0.15, -0.1) is 0 Å². The Morgan fingerprint density at radius 1 is 1.33 bits per heavy atom. The normalized spacial score (nSPS) is 12.9. The van der Waals surface area contributed by atoms with Crippen LogP contribution in [0.5, 0.6) is 0 Å². The minimum Gasteiger partial charge on any atom is -0.0958 e. The number of unbranched alkanes of at least 4 members (excludes halogenated alkanes) is 1. The molecule has 0 fully saturated rings. The molecule has 84 valence electrons. The second-order valence-electron chi connectivity index (χ2n) is 3.46. The topological polar surface area (TPSA) is 0 Å². The molecule has 0 saturated carbocycles. The van der Waals surface area contributed by atoms with E-state index in [9.17, 15) is 0 Å². The maximum Gasteiger partial charge on any atom is 0.0405 e. The first kappa shape index (κ1) is 14.2. The number of hydrogen-bond donors (Lipinski definition) is 0. The lowest BCUT2D eigenvalue weighted by atomic mass is 10.1. The van der Waals surface area contributed by atoms with Crippen molar-refractivity contribution >= 4 is 11.6 Å². The van der Waals surface area contributed by atoms with E-state index in [1.165, 1.54) is 0 Å². The summed E-state index contributed by atoms with van der Waals surface area (Å²) in [5.41, 5.74) is 1.10. The van der Waals surface area contributed by atoms with Crippen LogP contribution in [-0.2, 0) is 0 Å². The lowest BCUT2D eigenvalue weighted by molar-refractivity contribution is 0.845. The van der Waals surface area contributed by atoms with Crippen LogP contribution in [0.2, 0.25) is 0 Å². The van der Waals surface area contributed by atoms with E-state index in [2.05, 4.69) is 25.7 Å². The van der Waals surface area contributed by atoms with Crippen molar-refractivity contribution in [2.24, 2.45) is 0 Å². The van der Waals surface area contributed by atoms with Crippen LogP contribution in [0, 0.1) is 0 Å². The fourth-order valence-corrected chi connectivity index (χ4v) is 1.49. The number of hydrogen-bond acceptors (Lipinski definition) is 0. The molecule has 0 spiro atoms. The Morgan fingerprint density at radius 2 is 2.07 bits per heavy atom. The monoisotopic (exact) mass is 224 g/mol. The van der Waals surface area contributed by atoms with Crippen LogP contribution < -0.4 is 0 Å². The van der Waals surface area contributed by atoms with Gasteiger partial charge in [-0.3, -0.25) is 0 Å². The Morgan fingerprint density at radius 3 is 2.67 bits per heavy atom. The molecule has 0 nitrogen and oxygen atoms in total. The summed E-state index contributed by atoms with van der Waals surface area (Å²) in [4.78, 5) is 0. The molecule has 0 aliphatic carbocycles. The lowest BCUT2D eigenvalue weighted by Crippen LogP contribution is -1.78. The molecule has 0 atom stereocenters. The van der Waals surface area contributed by atoms with Gasteiger partial charge in [0.05, 0.1) is 0 Å². The van der Waals surface area contributed by atoms with Gasteiger partial charge in [0.15, 0.2) is 0 Å². The summed E-state index contributed by atoms with van der Waals surface area (Å²) in [6.45, 7) is 8.08. The highest BCUT2D eigenvalue weighted by atomic mass is 35.5. The molecule has 0 bridgehead atoms. The lowest BCUT2D eigenvalue weighted by Gasteiger charge is -1.98. The minimum absolute atomic E-state index is 0.756. The summed E-state index contributed by atoms with van der Waals surface area (Å²) >= 11 is 5.94. The molecule has 0 aromatic heterocycles. The average Bonchev–Trinajstić information content (AvgIpc) is 2.17. The van der Waals surface area contributed by atoms with E-state index in [1.807, 2.05) is 25.2 Å². The smallest absolute Gasteiger partial charge is 0.0405 e. The van der Waals surface area contributed by atoms with Crippen molar-refractivity contribution in [1.82, 2.24) is 0 Å². The standard InChI is InChI=1S/C14H21Cl/c1-4-6-7-8-9-11-13(3)12-14(15)10-5-2/h5-7,10,12H,3-4,8-9,11H2,1-2H3/b7-6-,10-5-,14-12+. The molecule has 0 amide bonds. The molecule has 1 heteroatoms. The van der Waals surface area contributed by atoms with Gasteiger partial charge in [-0.1, -0.05) is 48.9 Å². The number of allylic oxidation sites excluding steroid dienone is 7. The molecule has 0 radical (unpaired) electrons. The van der Waals surface area contributed by atoms with Crippen LogP contribution in [-0.4, -0.2) is 0 Å². The molecular formula is C14H21Cl. The van der Waals surface area contributed by atoms with Gasteiger partial charge in [0.2, 0.25) is 0 Å². The van der Waals surface area contributed by atoms with Crippen molar-refractivity contribution in [2.45, 2.75) is 39.5 Å². The zero-order chi connectivity index (χ0) is 11.5. The highest BCUT2D eigenvalue weighted by Crippen LogP contribution is 2.13. The third-order valence-corrected chi connectivity index (χ3v) is 2.17. The van der Waals surface area contributed by atoms with E-state index in [0.29, 0.717) is 0 Å². The molecule has 0 aromatic rings. The highest BCUT2D eigenvalue weighted by Gasteiger charge is 1.91. The third-order valence-electron chi connectivity index (χ3n) is 1.94. The fourth-order valence-electron chi connectivity index (χ4n) is 1.21. The van der Waals surface area contributed by atoms with Gasteiger partial charge < -0.3 is 0 Å². The van der Waals surface area contributed by atoms with Crippen molar-refractivity contribution in [3.05, 3.63) is 47.6 Å². The van der Waals surface area contributed by atoms with Crippen molar-refractivity contribution in [3.8, 4) is 0 Å². The summed E-state index contributed by atoms with van der Waals surface area (Å²) in [6, 6.07) is 0. The van der Waals surface area contributed by atoms with Crippen LogP contribution in [0.15, 0.2) is 47.6 Å².